The quantitative estimate of drug-likeness (QED) is 0.281. The highest BCUT2D eigenvalue weighted by Gasteiger charge is 2.16. The molecule has 0 aliphatic rings. The molecule has 0 bridgehead atoms. The van der Waals surface area contributed by atoms with Crippen molar-refractivity contribution >= 4 is 34.8 Å². The van der Waals surface area contributed by atoms with Gasteiger partial charge in [0.2, 0.25) is 5.88 Å². The van der Waals surface area contributed by atoms with Crippen LogP contribution in [-0.2, 0) is 6.42 Å². The number of nitrogens with zero attached hydrogens (tertiary/aromatic N) is 1. The van der Waals surface area contributed by atoms with E-state index < -0.39 is 5.56 Å². The van der Waals surface area contributed by atoms with Crippen molar-refractivity contribution in [2.24, 2.45) is 0 Å². The molecule has 4 aromatic rings. The van der Waals surface area contributed by atoms with Crippen molar-refractivity contribution in [3.8, 4) is 23.1 Å². The smallest absolute Gasteiger partial charge is 0.259 e. The third-order valence-electron chi connectivity index (χ3n) is 4.23. The number of hydrogen-bond acceptors (Lipinski definition) is 5. The van der Waals surface area contributed by atoms with Gasteiger partial charge in [-0.15, -0.1) is 0 Å². The van der Waals surface area contributed by atoms with Gasteiger partial charge in [-0.1, -0.05) is 18.2 Å². The maximum atomic E-state index is 12.4. The van der Waals surface area contributed by atoms with E-state index in [1.165, 1.54) is 4.57 Å². The molecule has 2 N–H and O–H groups in total. The molecule has 0 amide bonds. The molecule has 4 rings (SSSR count). The second-order valence-corrected chi connectivity index (χ2v) is 7.64. The highest BCUT2D eigenvalue weighted by molar-refractivity contribution is 14.1. The van der Waals surface area contributed by atoms with Crippen LogP contribution in [0.2, 0.25) is 0 Å². The predicted molar refractivity (Wildman–Crippen MR) is 120 cm³/mol. The van der Waals surface area contributed by atoms with Crippen molar-refractivity contribution in [3.05, 3.63) is 96.9 Å². The molecule has 0 aliphatic carbocycles. The average molecular weight is 518 g/mol. The van der Waals surface area contributed by atoms with E-state index in [1.54, 1.807) is 36.4 Å². The van der Waals surface area contributed by atoms with E-state index in [2.05, 4.69) is 4.98 Å². The summed E-state index contributed by atoms with van der Waals surface area (Å²) in [5.41, 5.74) is 0.326. The Morgan fingerprint density at radius 3 is 2.38 bits per heavy atom. The summed E-state index contributed by atoms with van der Waals surface area (Å²) in [6.07, 6.45) is 0.148. The highest BCUT2D eigenvalue weighted by atomic mass is 127. The Hall–Kier alpha value is -2.85. The Kier molecular flexibility index (Phi) is 5.54. The van der Waals surface area contributed by atoms with Gasteiger partial charge in [-0.25, -0.2) is 0 Å². The van der Waals surface area contributed by atoms with Crippen LogP contribution >= 0.6 is 34.8 Å². The predicted octanol–water partition coefficient (Wildman–Crippen LogP) is 5.18. The minimum Gasteiger partial charge on any atom is -0.494 e. The van der Waals surface area contributed by atoms with Crippen LogP contribution in [0, 0.1) is 8.54 Å². The summed E-state index contributed by atoms with van der Waals surface area (Å²) in [6.45, 7) is 0. The number of ether oxygens (including phenoxy) is 1. The monoisotopic (exact) mass is 518 g/mol. The standard InChI is InChI=1S/C21H15IN2O4S/c22-18-11-10-16(28-18)12-17-19(25)23-21(29)24(20(17)26)13-6-8-15(9-7-13)27-14-4-2-1-3-5-14/h1-11,26H,12H2,(H,23,25,29). The van der Waals surface area contributed by atoms with E-state index in [4.69, 9.17) is 21.4 Å². The molecule has 0 spiro atoms. The molecule has 2 aromatic heterocycles. The fourth-order valence-corrected chi connectivity index (χ4v) is 3.62. The molecular weight excluding hydrogens is 503 g/mol. The summed E-state index contributed by atoms with van der Waals surface area (Å²) in [5, 5.41) is 10.8. The minimum absolute atomic E-state index is 0.0991. The molecule has 2 aromatic carbocycles. The van der Waals surface area contributed by atoms with Crippen molar-refractivity contribution < 1.29 is 14.3 Å². The van der Waals surface area contributed by atoms with Crippen molar-refractivity contribution in [2.45, 2.75) is 6.42 Å². The van der Waals surface area contributed by atoms with Gasteiger partial charge in [-0.05, 0) is 83.3 Å². The van der Waals surface area contributed by atoms with Crippen LogP contribution in [0.1, 0.15) is 11.3 Å². The number of furan rings is 1. The van der Waals surface area contributed by atoms with Gasteiger partial charge >= 0.3 is 0 Å². The van der Waals surface area contributed by atoms with Crippen LogP contribution in [0.25, 0.3) is 5.69 Å². The Morgan fingerprint density at radius 1 is 1.03 bits per heavy atom. The van der Waals surface area contributed by atoms with Crippen molar-refractivity contribution in [2.75, 3.05) is 0 Å². The fourth-order valence-electron chi connectivity index (χ4n) is 2.87. The molecular formula is C21H15IN2O4S. The van der Waals surface area contributed by atoms with Gasteiger partial charge in [0.25, 0.3) is 5.56 Å². The molecule has 2 heterocycles. The lowest BCUT2D eigenvalue weighted by molar-refractivity contribution is 0.421. The van der Waals surface area contributed by atoms with Gasteiger partial charge in [0.15, 0.2) is 8.54 Å². The van der Waals surface area contributed by atoms with Gasteiger partial charge in [-0.2, -0.15) is 0 Å². The Labute approximate surface area is 184 Å². The summed E-state index contributed by atoms with van der Waals surface area (Å²) in [7, 11) is 0. The number of rotatable bonds is 5. The van der Waals surface area contributed by atoms with Crippen molar-refractivity contribution in [1.29, 1.82) is 0 Å². The summed E-state index contributed by atoms with van der Waals surface area (Å²) >= 11 is 7.31. The van der Waals surface area contributed by atoms with Crippen LogP contribution in [0.15, 0.2) is 75.9 Å². The first-order valence-electron chi connectivity index (χ1n) is 8.66. The molecule has 29 heavy (non-hydrogen) atoms. The summed E-state index contributed by atoms with van der Waals surface area (Å²) in [6, 6.07) is 20.0. The van der Waals surface area contributed by atoms with Gasteiger partial charge in [0, 0.05) is 6.42 Å². The van der Waals surface area contributed by atoms with E-state index >= 15 is 0 Å². The Bertz CT molecular complexity index is 1260. The summed E-state index contributed by atoms with van der Waals surface area (Å²) in [4.78, 5) is 15.0. The molecule has 146 valence electrons. The molecule has 0 unspecified atom stereocenters. The number of nitrogens with one attached hydrogen (secondary N) is 1. The number of halogens is 1. The maximum Gasteiger partial charge on any atom is 0.259 e. The molecule has 6 nitrogen and oxygen atoms in total. The summed E-state index contributed by atoms with van der Waals surface area (Å²) < 4.78 is 13.5. The van der Waals surface area contributed by atoms with E-state index in [0.717, 1.165) is 5.75 Å². The normalized spacial score (nSPS) is 10.8. The summed E-state index contributed by atoms with van der Waals surface area (Å²) in [5.74, 6) is 1.72. The highest BCUT2D eigenvalue weighted by Crippen LogP contribution is 2.26. The molecule has 0 saturated heterocycles. The number of benzene rings is 2. The van der Waals surface area contributed by atoms with E-state index in [0.29, 0.717) is 21.0 Å². The fraction of sp³-hybridized carbons (Fsp3) is 0.0476. The zero-order valence-corrected chi connectivity index (χ0v) is 17.9. The van der Waals surface area contributed by atoms with Gasteiger partial charge in [0.05, 0.1) is 11.3 Å². The Morgan fingerprint density at radius 2 is 1.72 bits per heavy atom. The van der Waals surface area contributed by atoms with E-state index in [-0.39, 0.29) is 22.6 Å². The van der Waals surface area contributed by atoms with E-state index in [1.807, 2.05) is 52.9 Å². The molecule has 0 atom stereocenters. The lowest BCUT2D eigenvalue weighted by Crippen LogP contribution is -2.18. The van der Waals surface area contributed by atoms with Gasteiger partial charge < -0.3 is 14.3 Å². The number of para-hydroxylation sites is 1. The number of aromatic amines is 1. The third kappa shape index (κ3) is 4.28. The lowest BCUT2D eigenvalue weighted by Gasteiger charge is -2.13. The zero-order chi connectivity index (χ0) is 20.4. The van der Waals surface area contributed by atoms with Crippen molar-refractivity contribution in [1.82, 2.24) is 9.55 Å². The van der Waals surface area contributed by atoms with Crippen molar-refractivity contribution in [3.63, 3.8) is 0 Å². The topological polar surface area (TPSA) is 80.4 Å². The first-order chi connectivity index (χ1) is 14.0. The largest absolute Gasteiger partial charge is 0.494 e. The number of H-pyrrole nitrogens is 1. The third-order valence-corrected chi connectivity index (χ3v) is 5.10. The number of aromatic hydroxyl groups is 1. The zero-order valence-electron chi connectivity index (χ0n) is 15.0. The van der Waals surface area contributed by atoms with Crippen LogP contribution in [0.5, 0.6) is 17.4 Å². The van der Waals surface area contributed by atoms with Crippen LogP contribution in [-0.4, -0.2) is 14.7 Å². The second-order valence-electron chi connectivity index (χ2n) is 6.19. The second kappa shape index (κ2) is 8.26. The van der Waals surface area contributed by atoms with Crippen LogP contribution in [0.3, 0.4) is 0 Å². The maximum absolute atomic E-state index is 12.4. The van der Waals surface area contributed by atoms with Crippen LogP contribution in [0.4, 0.5) is 0 Å². The van der Waals surface area contributed by atoms with E-state index in [9.17, 15) is 9.90 Å². The van der Waals surface area contributed by atoms with Gasteiger partial charge in [-0.3, -0.25) is 14.3 Å². The number of hydrogen-bond donors (Lipinski definition) is 2. The molecule has 0 saturated carbocycles. The molecule has 0 radical (unpaired) electrons. The first kappa shape index (κ1) is 19.5. The first-order valence-corrected chi connectivity index (χ1v) is 10.1. The average Bonchev–Trinajstić information content (AvgIpc) is 3.12. The molecule has 8 heteroatoms. The number of aromatic nitrogens is 2. The molecule has 0 aliphatic heterocycles. The SMILES string of the molecule is O=c1[nH]c(=S)n(-c2ccc(Oc3ccccc3)cc2)c(O)c1Cc1ccc(I)o1. The van der Waals surface area contributed by atoms with Crippen LogP contribution < -0.4 is 10.3 Å². The van der Waals surface area contributed by atoms with Gasteiger partial charge in [0.1, 0.15) is 17.3 Å². The Balaban J connectivity index is 1.68. The molecule has 0 fully saturated rings. The minimum atomic E-state index is -0.445. The lowest BCUT2D eigenvalue weighted by atomic mass is 10.2.